The number of hydrogen-bond acceptors (Lipinski definition) is 5. The van der Waals surface area contributed by atoms with E-state index >= 15 is 0 Å². The fourth-order valence-corrected chi connectivity index (χ4v) is 1.43. The summed E-state index contributed by atoms with van der Waals surface area (Å²) in [5.41, 5.74) is 0.221. The van der Waals surface area contributed by atoms with Crippen LogP contribution < -0.4 is 16.0 Å². The smallest absolute Gasteiger partial charge is 0.271 e. The summed E-state index contributed by atoms with van der Waals surface area (Å²) in [4.78, 5) is 31.3. The number of rotatable bonds is 7. The van der Waals surface area contributed by atoms with E-state index in [0.717, 1.165) is 6.42 Å². The van der Waals surface area contributed by atoms with E-state index in [1.807, 2.05) is 13.8 Å². The molecule has 0 aliphatic heterocycles. The van der Waals surface area contributed by atoms with Gasteiger partial charge in [-0.05, 0) is 13.3 Å². The van der Waals surface area contributed by atoms with Crippen molar-refractivity contribution in [3.8, 4) is 0 Å². The molecule has 7 heteroatoms. The highest BCUT2D eigenvalue weighted by molar-refractivity contribution is 5.92. The number of nitrogens with one attached hydrogen (secondary N) is 3. The van der Waals surface area contributed by atoms with Crippen molar-refractivity contribution in [2.24, 2.45) is 0 Å². The topological polar surface area (TPSA) is 96.0 Å². The third kappa shape index (κ3) is 5.21. The molecule has 0 saturated heterocycles. The van der Waals surface area contributed by atoms with E-state index in [1.165, 1.54) is 12.4 Å². The number of amides is 2. The van der Waals surface area contributed by atoms with Crippen molar-refractivity contribution >= 4 is 17.6 Å². The molecular weight excluding hydrogens is 258 g/mol. The maximum Gasteiger partial charge on any atom is 0.271 e. The van der Waals surface area contributed by atoms with Gasteiger partial charge in [0.1, 0.15) is 11.5 Å². The Balaban J connectivity index is 2.38. The minimum Gasteiger partial charge on any atom is -0.372 e. The van der Waals surface area contributed by atoms with E-state index in [-0.39, 0.29) is 36.5 Å². The van der Waals surface area contributed by atoms with E-state index in [1.54, 1.807) is 7.05 Å². The molecule has 7 nitrogen and oxygen atoms in total. The predicted molar refractivity (Wildman–Crippen MR) is 76.4 cm³/mol. The third-order valence-electron chi connectivity index (χ3n) is 2.78. The zero-order valence-electron chi connectivity index (χ0n) is 12.1. The minimum absolute atomic E-state index is 0.0743. The van der Waals surface area contributed by atoms with Crippen LogP contribution in [0.15, 0.2) is 12.4 Å². The molecule has 0 aliphatic carbocycles. The van der Waals surface area contributed by atoms with Gasteiger partial charge in [0, 0.05) is 26.1 Å². The highest BCUT2D eigenvalue weighted by Gasteiger charge is 2.10. The molecule has 2 amide bonds. The van der Waals surface area contributed by atoms with Crippen LogP contribution in [0.2, 0.25) is 0 Å². The number of hydrogen-bond donors (Lipinski definition) is 3. The Labute approximate surface area is 118 Å². The SMILES string of the molecule is CCC(C)NC(=O)CCNC(=O)c1cncc(NC)n1. The quantitative estimate of drug-likeness (QED) is 0.677. The molecule has 0 bridgehead atoms. The summed E-state index contributed by atoms with van der Waals surface area (Å²) < 4.78 is 0. The van der Waals surface area contributed by atoms with Gasteiger partial charge >= 0.3 is 0 Å². The molecule has 1 atom stereocenters. The van der Waals surface area contributed by atoms with Crippen LogP contribution in [-0.2, 0) is 4.79 Å². The summed E-state index contributed by atoms with van der Waals surface area (Å²) in [6.45, 7) is 4.21. The second-order valence-corrected chi connectivity index (χ2v) is 4.42. The molecule has 1 aromatic heterocycles. The Morgan fingerprint density at radius 1 is 1.35 bits per heavy atom. The summed E-state index contributed by atoms with van der Waals surface area (Å²) >= 11 is 0. The average Bonchev–Trinajstić information content (AvgIpc) is 2.46. The molecular formula is C13H21N5O2. The van der Waals surface area contributed by atoms with Gasteiger partial charge in [-0.1, -0.05) is 6.92 Å². The molecule has 1 rings (SSSR count). The Bertz CT molecular complexity index is 464. The van der Waals surface area contributed by atoms with E-state index in [9.17, 15) is 9.59 Å². The normalized spacial score (nSPS) is 11.6. The maximum absolute atomic E-state index is 11.8. The first-order chi connectivity index (χ1) is 9.56. The first-order valence-corrected chi connectivity index (χ1v) is 6.64. The summed E-state index contributed by atoms with van der Waals surface area (Å²) in [6.07, 6.45) is 4.03. The van der Waals surface area contributed by atoms with Gasteiger partial charge in [-0.3, -0.25) is 14.6 Å². The van der Waals surface area contributed by atoms with Crippen LogP contribution in [0.25, 0.3) is 0 Å². The monoisotopic (exact) mass is 279 g/mol. The van der Waals surface area contributed by atoms with Crippen LogP contribution in [0, 0.1) is 0 Å². The van der Waals surface area contributed by atoms with Crippen molar-refractivity contribution in [3.63, 3.8) is 0 Å². The van der Waals surface area contributed by atoms with Gasteiger partial charge in [0.15, 0.2) is 0 Å². The van der Waals surface area contributed by atoms with E-state index in [0.29, 0.717) is 5.82 Å². The first-order valence-electron chi connectivity index (χ1n) is 6.64. The van der Waals surface area contributed by atoms with Gasteiger partial charge < -0.3 is 16.0 Å². The number of aromatic nitrogens is 2. The molecule has 0 aliphatic rings. The zero-order chi connectivity index (χ0) is 15.0. The van der Waals surface area contributed by atoms with Crippen LogP contribution in [0.5, 0.6) is 0 Å². The highest BCUT2D eigenvalue weighted by Crippen LogP contribution is 2.00. The number of nitrogens with zero attached hydrogens (tertiary/aromatic N) is 2. The Morgan fingerprint density at radius 3 is 2.75 bits per heavy atom. The van der Waals surface area contributed by atoms with Crippen LogP contribution in [0.3, 0.4) is 0 Å². The second-order valence-electron chi connectivity index (χ2n) is 4.42. The van der Waals surface area contributed by atoms with Crippen LogP contribution in [-0.4, -0.2) is 41.4 Å². The van der Waals surface area contributed by atoms with Gasteiger partial charge in [0.2, 0.25) is 5.91 Å². The largest absolute Gasteiger partial charge is 0.372 e. The molecule has 0 spiro atoms. The fourth-order valence-electron chi connectivity index (χ4n) is 1.43. The molecule has 1 aromatic rings. The lowest BCUT2D eigenvalue weighted by molar-refractivity contribution is -0.121. The Hall–Kier alpha value is -2.18. The lowest BCUT2D eigenvalue weighted by Gasteiger charge is -2.11. The lowest BCUT2D eigenvalue weighted by atomic mass is 10.2. The van der Waals surface area contributed by atoms with E-state index < -0.39 is 0 Å². The minimum atomic E-state index is -0.342. The number of carbonyl (C=O) groups excluding carboxylic acids is 2. The summed E-state index contributed by atoms with van der Waals surface area (Å²) in [7, 11) is 1.70. The maximum atomic E-state index is 11.8. The predicted octanol–water partition coefficient (Wildman–Crippen LogP) is 0.553. The zero-order valence-corrected chi connectivity index (χ0v) is 12.1. The molecule has 0 aromatic carbocycles. The van der Waals surface area contributed by atoms with Gasteiger partial charge in [0.05, 0.1) is 12.4 Å². The molecule has 20 heavy (non-hydrogen) atoms. The third-order valence-corrected chi connectivity index (χ3v) is 2.78. The standard InChI is InChI=1S/C13H21N5O2/c1-4-9(2)17-12(19)5-6-16-13(20)10-7-15-8-11(14-3)18-10/h7-9H,4-6H2,1-3H3,(H,14,18)(H,16,20)(H,17,19). The number of carbonyl (C=O) groups is 2. The van der Waals surface area contributed by atoms with Gasteiger partial charge in [-0.2, -0.15) is 0 Å². The fraction of sp³-hybridized carbons (Fsp3) is 0.538. The second kappa shape index (κ2) is 8.08. The summed E-state index contributed by atoms with van der Waals surface area (Å²) in [5.74, 6) is 0.104. The van der Waals surface area contributed by atoms with E-state index in [4.69, 9.17) is 0 Å². The molecule has 110 valence electrons. The van der Waals surface area contributed by atoms with Crippen LogP contribution >= 0.6 is 0 Å². The van der Waals surface area contributed by atoms with Gasteiger partial charge in [0.25, 0.3) is 5.91 Å². The van der Waals surface area contributed by atoms with Crippen molar-refractivity contribution in [2.45, 2.75) is 32.7 Å². The molecule has 0 saturated carbocycles. The van der Waals surface area contributed by atoms with Gasteiger partial charge in [-0.25, -0.2) is 4.98 Å². The average molecular weight is 279 g/mol. The molecule has 0 radical (unpaired) electrons. The summed E-state index contributed by atoms with van der Waals surface area (Å²) in [6, 6.07) is 0.149. The Morgan fingerprint density at radius 2 is 2.10 bits per heavy atom. The van der Waals surface area contributed by atoms with Crippen molar-refractivity contribution in [2.75, 3.05) is 18.9 Å². The van der Waals surface area contributed by atoms with Gasteiger partial charge in [-0.15, -0.1) is 0 Å². The molecule has 0 fully saturated rings. The van der Waals surface area contributed by atoms with Crippen molar-refractivity contribution in [3.05, 3.63) is 18.1 Å². The molecule has 1 heterocycles. The lowest BCUT2D eigenvalue weighted by Crippen LogP contribution is -2.35. The van der Waals surface area contributed by atoms with Crippen LogP contribution in [0.1, 0.15) is 37.2 Å². The van der Waals surface area contributed by atoms with Crippen molar-refractivity contribution < 1.29 is 9.59 Å². The van der Waals surface area contributed by atoms with E-state index in [2.05, 4.69) is 25.9 Å². The first kappa shape index (κ1) is 15.9. The molecule has 1 unspecified atom stereocenters. The van der Waals surface area contributed by atoms with Crippen molar-refractivity contribution in [1.29, 1.82) is 0 Å². The highest BCUT2D eigenvalue weighted by atomic mass is 16.2. The summed E-state index contributed by atoms with van der Waals surface area (Å²) in [5, 5.41) is 8.28. The van der Waals surface area contributed by atoms with Crippen molar-refractivity contribution in [1.82, 2.24) is 20.6 Å². The number of anilines is 1. The van der Waals surface area contributed by atoms with Crippen LogP contribution in [0.4, 0.5) is 5.82 Å². The molecule has 3 N–H and O–H groups in total. The Kier molecular flexibility index (Phi) is 6.42.